The van der Waals surface area contributed by atoms with Crippen molar-refractivity contribution < 1.29 is 14.7 Å². The molecule has 2 N–H and O–H groups in total. The first-order chi connectivity index (χ1) is 9.11. The summed E-state index contributed by atoms with van der Waals surface area (Å²) in [6, 6.07) is 1.39. The Bertz CT molecular complexity index is 484. The first kappa shape index (κ1) is 16.3. The number of nitrogens with one attached hydrogen (secondary N) is 1. The van der Waals surface area contributed by atoms with Crippen LogP contribution in [0.4, 0.5) is 0 Å². The lowest BCUT2D eigenvalue weighted by atomic mass is 10.0. The number of carbonyl (C=O) groups excluding carboxylic acids is 1. The van der Waals surface area contributed by atoms with E-state index in [0.29, 0.717) is 5.56 Å². The standard InChI is InChI=1S/C15H24N2O3/c1-10(2)12(8-13(18)19)16-14(20)11-6-7-17(9-11)15(3,4)5/h6-7,9-10,12H,8H2,1-5H3,(H,16,20)(H,18,19)/t12-/m1/s1. The van der Waals surface area contributed by atoms with Gasteiger partial charge >= 0.3 is 5.97 Å². The van der Waals surface area contributed by atoms with Gasteiger partial charge in [0.2, 0.25) is 0 Å². The number of rotatable bonds is 5. The molecule has 0 aliphatic carbocycles. The van der Waals surface area contributed by atoms with E-state index in [1.54, 1.807) is 12.3 Å². The Morgan fingerprint density at radius 1 is 1.35 bits per heavy atom. The average Bonchev–Trinajstić information content (AvgIpc) is 2.75. The lowest BCUT2D eigenvalue weighted by Crippen LogP contribution is -2.40. The van der Waals surface area contributed by atoms with Gasteiger partial charge in [-0.25, -0.2) is 0 Å². The van der Waals surface area contributed by atoms with Gasteiger partial charge in [-0.15, -0.1) is 0 Å². The van der Waals surface area contributed by atoms with Crippen LogP contribution in [0.25, 0.3) is 0 Å². The predicted octanol–water partition coefficient (Wildman–Crippen LogP) is 2.47. The van der Waals surface area contributed by atoms with Crippen LogP contribution in [0.3, 0.4) is 0 Å². The Kier molecular flexibility index (Phi) is 4.98. The van der Waals surface area contributed by atoms with Crippen molar-refractivity contribution in [2.45, 2.75) is 52.6 Å². The monoisotopic (exact) mass is 280 g/mol. The third kappa shape index (κ3) is 4.40. The Labute approximate surface area is 120 Å². The zero-order valence-electron chi connectivity index (χ0n) is 12.8. The quantitative estimate of drug-likeness (QED) is 0.870. The van der Waals surface area contributed by atoms with Gasteiger partial charge in [0.05, 0.1) is 12.0 Å². The molecule has 0 aliphatic rings. The van der Waals surface area contributed by atoms with Crippen molar-refractivity contribution in [3.05, 3.63) is 24.0 Å². The molecular formula is C15H24N2O3. The van der Waals surface area contributed by atoms with Crippen molar-refractivity contribution in [2.24, 2.45) is 5.92 Å². The smallest absolute Gasteiger partial charge is 0.305 e. The topological polar surface area (TPSA) is 71.3 Å². The Hall–Kier alpha value is -1.78. The molecule has 1 rings (SSSR count). The second kappa shape index (κ2) is 6.11. The molecule has 0 bridgehead atoms. The number of carbonyl (C=O) groups is 2. The molecule has 0 radical (unpaired) electrons. The summed E-state index contributed by atoms with van der Waals surface area (Å²) in [6.07, 6.45) is 3.58. The van der Waals surface area contributed by atoms with Crippen LogP contribution < -0.4 is 5.32 Å². The van der Waals surface area contributed by atoms with Crippen LogP contribution in [0.1, 0.15) is 51.4 Å². The van der Waals surface area contributed by atoms with Crippen molar-refractivity contribution in [1.82, 2.24) is 9.88 Å². The molecule has 1 aromatic rings. The van der Waals surface area contributed by atoms with E-state index in [2.05, 4.69) is 26.1 Å². The van der Waals surface area contributed by atoms with E-state index in [1.807, 2.05) is 24.6 Å². The largest absolute Gasteiger partial charge is 0.481 e. The summed E-state index contributed by atoms with van der Waals surface area (Å²) in [5.74, 6) is -1.07. The summed E-state index contributed by atoms with van der Waals surface area (Å²) in [5.41, 5.74) is 0.466. The molecule has 0 fully saturated rings. The Morgan fingerprint density at radius 3 is 2.35 bits per heavy atom. The van der Waals surface area contributed by atoms with Crippen LogP contribution in [-0.4, -0.2) is 27.6 Å². The van der Waals surface area contributed by atoms with E-state index >= 15 is 0 Å². The van der Waals surface area contributed by atoms with Crippen LogP contribution in [0.15, 0.2) is 18.5 Å². The van der Waals surface area contributed by atoms with Gasteiger partial charge in [-0.1, -0.05) is 13.8 Å². The molecule has 5 nitrogen and oxygen atoms in total. The van der Waals surface area contributed by atoms with Crippen LogP contribution in [0.2, 0.25) is 0 Å². The molecule has 1 amide bonds. The maximum Gasteiger partial charge on any atom is 0.305 e. The number of amides is 1. The van der Waals surface area contributed by atoms with E-state index in [0.717, 1.165) is 0 Å². The molecule has 0 saturated heterocycles. The summed E-state index contributed by atoms with van der Waals surface area (Å²) in [7, 11) is 0. The molecule has 112 valence electrons. The highest BCUT2D eigenvalue weighted by Gasteiger charge is 2.21. The SMILES string of the molecule is CC(C)[C@@H](CC(=O)O)NC(=O)c1ccn(C(C)(C)C)c1. The Balaban J connectivity index is 2.79. The van der Waals surface area contributed by atoms with Gasteiger partial charge in [0.1, 0.15) is 0 Å². The van der Waals surface area contributed by atoms with Crippen molar-refractivity contribution in [3.63, 3.8) is 0 Å². The molecule has 0 aliphatic heterocycles. The van der Waals surface area contributed by atoms with Crippen LogP contribution in [0.5, 0.6) is 0 Å². The number of aliphatic carboxylic acids is 1. The highest BCUT2D eigenvalue weighted by Crippen LogP contribution is 2.16. The van der Waals surface area contributed by atoms with Gasteiger partial charge in [0.25, 0.3) is 5.91 Å². The van der Waals surface area contributed by atoms with Crippen LogP contribution >= 0.6 is 0 Å². The summed E-state index contributed by atoms with van der Waals surface area (Å²) >= 11 is 0. The van der Waals surface area contributed by atoms with Gasteiger partial charge in [-0.3, -0.25) is 9.59 Å². The fourth-order valence-corrected chi connectivity index (χ4v) is 1.84. The van der Waals surface area contributed by atoms with Crippen LogP contribution in [-0.2, 0) is 10.3 Å². The number of nitrogens with zero attached hydrogens (tertiary/aromatic N) is 1. The number of aromatic nitrogens is 1. The first-order valence-corrected chi connectivity index (χ1v) is 6.82. The molecule has 0 unspecified atom stereocenters. The van der Waals surface area contributed by atoms with Gasteiger partial charge < -0.3 is 15.0 Å². The predicted molar refractivity (Wildman–Crippen MR) is 77.8 cm³/mol. The van der Waals surface area contributed by atoms with Crippen molar-refractivity contribution >= 4 is 11.9 Å². The summed E-state index contributed by atoms with van der Waals surface area (Å²) in [5, 5.41) is 11.7. The lowest BCUT2D eigenvalue weighted by Gasteiger charge is -2.21. The fourth-order valence-electron chi connectivity index (χ4n) is 1.84. The fraction of sp³-hybridized carbons (Fsp3) is 0.600. The maximum atomic E-state index is 12.2. The van der Waals surface area contributed by atoms with E-state index in [1.165, 1.54) is 0 Å². The van der Waals surface area contributed by atoms with Crippen LogP contribution in [0, 0.1) is 5.92 Å². The minimum Gasteiger partial charge on any atom is -0.481 e. The van der Waals surface area contributed by atoms with Crippen molar-refractivity contribution in [1.29, 1.82) is 0 Å². The molecule has 0 aromatic carbocycles. The highest BCUT2D eigenvalue weighted by atomic mass is 16.4. The maximum absolute atomic E-state index is 12.2. The van der Waals surface area contributed by atoms with E-state index in [-0.39, 0.29) is 29.8 Å². The molecule has 5 heteroatoms. The zero-order valence-corrected chi connectivity index (χ0v) is 12.8. The average molecular weight is 280 g/mol. The molecule has 1 heterocycles. The number of hydrogen-bond acceptors (Lipinski definition) is 2. The normalized spacial score (nSPS) is 13.3. The molecular weight excluding hydrogens is 256 g/mol. The first-order valence-electron chi connectivity index (χ1n) is 6.82. The Morgan fingerprint density at radius 2 is 1.95 bits per heavy atom. The minimum atomic E-state index is -0.906. The highest BCUT2D eigenvalue weighted by molar-refractivity contribution is 5.94. The molecule has 1 atom stereocenters. The number of hydrogen-bond donors (Lipinski definition) is 2. The summed E-state index contributed by atoms with van der Waals surface area (Å²) in [6.45, 7) is 9.95. The minimum absolute atomic E-state index is 0.0661. The van der Waals surface area contributed by atoms with Gasteiger partial charge in [0, 0.05) is 24.0 Å². The lowest BCUT2D eigenvalue weighted by molar-refractivity contribution is -0.137. The third-order valence-electron chi connectivity index (χ3n) is 3.25. The van der Waals surface area contributed by atoms with Gasteiger partial charge in [-0.2, -0.15) is 0 Å². The second-order valence-electron chi connectivity index (χ2n) is 6.40. The van der Waals surface area contributed by atoms with E-state index in [4.69, 9.17) is 5.11 Å². The summed E-state index contributed by atoms with van der Waals surface area (Å²) in [4.78, 5) is 23.0. The van der Waals surface area contributed by atoms with Crippen molar-refractivity contribution in [2.75, 3.05) is 0 Å². The molecule has 0 saturated carbocycles. The van der Waals surface area contributed by atoms with Gasteiger partial charge in [-0.05, 0) is 32.8 Å². The zero-order chi connectivity index (χ0) is 15.5. The van der Waals surface area contributed by atoms with Crippen molar-refractivity contribution in [3.8, 4) is 0 Å². The van der Waals surface area contributed by atoms with Gasteiger partial charge in [0.15, 0.2) is 0 Å². The third-order valence-corrected chi connectivity index (χ3v) is 3.25. The van der Waals surface area contributed by atoms with E-state index in [9.17, 15) is 9.59 Å². The second-order valence-corrected chi connectivity index (χ2v) is 6.40. The summed E-state index contributed by atoms with van der Waals surface area (Å²) < 4.78 is 1.96. The molecule has 20 heavy (non-hydrogen) atoms. The molecule has 1 aromatic heterocycles. The number of carboxylic acid groups (broad SMARTS) is 1. The van der Waals surface area contributed by atoms with E-state index < -0.39 is 5.97 Å². The number of carboxylic acids is 1. The molecule has 0 spiro atoms.